The molecule has 0 unspecified atom stereocenters. The molecule has 3 rings (SSSR count). The SMILES string of the molecule is C[C@@H]1C[C@H](C)CN(C(=O)[C@H]2CCC(=O)N2Cc2ccco2)C1. The first kappa shape index (κ1) is 15.1. The predicted octanol–water partition coefficient (Wildman–Crippen LogP) is 2.28. The van der Waals surface area contributed by atoms with Gasteiger partial charge in [0.1, 0.15) is 11.8 Å². The van der Waals surface area contributed by atoms with Crippen LogP contribution in [0.5, 0.6) is 0 Å². The summed E-state index contributed by atoms with van der Waals surface area (Å²) in [4.78, 5) is 28.7. The fourth-order valence-corrected chi connectivity index (χ4v) is 3.81. The Kier molecular flexibility index (Phi) is 4.23. The van der Waals surface area contributed by atoms with E-state index in [9.17, 15) is 9.59 Å². The molecule has 0 N–H and O–H groups in total. The molecule has 5 nitrogen and oxygen atoms in total. The van der Waals surface area contributed by atoms with Gasteiger partial charge in [-0.25, -0.2) is 0 Å². The van der Waals surface area contributed by atoms with Gasteiger partial charge in [-0.2, -0.15) is 0 Å². The highest BCUT2D eigenvalue weighted by atomic mass is 16.3. The van der Waals surface area contributed by atoms with Gasteiger partial charge in [-0.1, -0.05) is 13.8 Å². The van der Waals surface area contributed by atoms with Crippen molar-refractivity contribution in [2.45, 2.75) is 45.7 Å². The van der Waals surface area contributed by atoms with E-state index < -0.39 is 0 Å². The second kappa shape index (κ2) is 6.15. The van der Waals surface area contributed by atoms with Crippen molar-refractivity contribution in [3.8, 4) is 0 Å². The van der Waals surface area contributed by atoms with Crippen molar-refractivity contribution in [3.05, 3.63) is 24.2 Å². The zero-order valence-electron chi connectivity index (χ0n) is 13.3. The largest absolute Gasteiger partial charge is 0.467 e. The van der Waals surface area contributed by atoms with E-state index in [4.69, 9.17) is 4.42 Å². The van der Waals surface area contributed by atoms with Crippen LogP contribution in [0.3, 0.4) is 0 Å². The summed E-state index contributed by atoms with van der Waals surface area (Å²) in [6.45, 7) is 6.39. The second-order valence-corrected chi connectivity index (χ2v) is 6.84. The summed E-state index contributed by atoms with van der Waals surface area (Å²) in [5, 5.41) is 0. The number of piperidine rings is 1. The Morgan fingerprint density at radius 3 is 2.68 bits per heavy atom. The van der Waals surface area contributed by atoms with E-state index in [2.05, 4.69) is 13.8 Å². The van der Waals surface area contributed by atoms with Crippen molar-refractivity contribution in [1.82, 2.24) is 9.80 Å². The molecular formula is C17H24N2O3. The van der Waals surface area contributed by atoms with E-state index in [1.807, 2.05) is 11.0 Å². The first-order chi connectivity index (χ1) is 10.5. The lowest BCUT2D eigenvalue weighted by Crippen LogP contribution is -2.50. The number of carbonyl (C=O) groups excluding carboxylic acids is 2. The Morgan fingerprint density at radius 2 is 2.05 bits per heavy atom. The molecule has 3 atom stereocenters. The van der Waals surface area contributed by atoms with Crippen LogP contribution in [0.1, 0.15) is 38.9 Å². The quantitative estimate of drug-likeness (QED) is 0.861. The third-order valence-corrected chi connectivity index (χ3v) is 4.70. The van der Waals surface area contributed by atoms with Gasteiger partial charge in [0.2, 0.25) is 11.8 Å². The first-order valence-corrected chi connectivity index (χ1v) is 8.15. The molecular weight excluding hydrogens is 280 g/mol. The molecule has 120 valence electrons. The smallest absolute Gasteiger partial charge is 0.245 e. The standard InChI is InChI=1S/C17H24N2O3/c1-12-8-13(2)10-18(9-12)17(21)15-5-6-16(20)19(15)11-14-4-3-7-22-14/h3-4,7,12-13,15H,5-6,8-11H2,1-2H3/t12-,13+,15-/m1/s1. The average molecular weight is 304 g/mol. The monoisotopic (exact) mass is 304 g/mol. The van der Waals surface area contributed by atoms with E-state index >= 15 is 0 Å². The van der Waals surface area contributed by atoms with Crippen molar-refractivity contribution in [3.63, 3.8) is 0 Å². The minimum absolute atomic E-state index is 0.0489. The van der Waals surface area contributed by atoms with Crippen LogP contribution in [0.4, 0.5) is 0 Å². The Morgan fingerprint density at radius 1 is 1.32 bits per heavy atom. The molecule has 2 aliphatic rings. The third kappa shape index (κ3) is 3.03. The molecule has 1 aromatic heterocycles. The topological polar surface area (TPSA) is 53.8 Å². The predicted molar refractivity (Wildman–Crippen MR) is 81.8 cm³/mol. The lowest BCUT2D eigenvalue weighted by atomic mass is 9.91. The van der Waals surface area contributed by atoms with Crippen LogP contribution >= 0.6 is 0 Å². The van der Waals surface area contributed by atoms with Gasteiger partial charge in [0.15, 0.2) is 0 Å². The summed E-state index contributed by atoms with van der Waals surface area (Å²) < 4.78 is 5.33. The summed E-state index contributed by atoms with van der Waals surface area (Å²) in [6, 6.07) is 3.33. The molecule has 2 amide bonds. The van der Waals surface area contributed by atoms with E-state index in [1.165, 1.54) is 6.42 Å². The third-order valence-electron chi connectivity index (χ3n) is 4.70. The highest BCUT2D eigenvalue weighted by Crippen LogP contribution is 2.27. The molecule has 0 saturated carbocycles. The second-order valence-electron chi connectivity index (χ2n) is 6.84. The van der Waals surface area contributed by atoms with Crippen LogP contribution in [0.25, 0.3) is 0 Å². The Balaban J connectivity index is 1.71. The summed E-state index contributed by atoms with van der Waals surface area (Å²) >= 11 is 0. The number of amides is 2. The van der Waals surface area contributed by atoms with Crippen LogP contribution in [0.15, 0.2) is 22.8 Å². The van der Waals surface area contributed by atoms with Gasteiger partial charge in [-0.15, -0.1) is 0 Å². The zero-order valence-corrected chi connectivity index (χ0v) is 13.3. The Bertz CT molecular complexity index is 530. The lowest BCUT2D eigenvalue weighted by molar-refractivity contribution is -0.143. The summed E-state index contributed by atoms with van der Waals surface area (Å²) in [5.74, 6) is 1.95. The van der Waals surface area contributed by atoms with Gasteiger partial charge < -0.3 is 14.2 Å². The molecule has 3 heterocycles. The number of rotatable bonds is 3. The fraction of sp³-hybridized carbons (Fsp3) is 0.647. The normalized spacial score (nSPS) is 29.2. The number of nitrogens with zero attached hydrogens (tertiary/aromatic N) is 2. The molecule has 2 aliphatic heterocycles. The minimum Gasteiger partial charge on any atom is -0.467 e. The molecule has 5 heteroatoms. The van der Waals surface area contributed by atoms with Crippen LogP contribution in [-0.2, 0) is 16.1 Å². The number of carbonyl (C=O) groups is 2. The number of likely N-dealkylation sites (tertiary alicyclic amines) is 2. The van der Waals surface area contributed by atoms with E-state index in [1.54, 1.807) is 17.2 Å². The number of hydrogen-bond donors (Lipinski definition) is 0. The maximum absolute atomic E-state index is 12.9. The highest BCUT2D eigenvalue weighted by molar-refractivity contribution is 5.91. The number of hydrogen-bond acceptors (Lipinski definition) is 3. The molecule has 0 radical (unpaired) electrons. The van der Waals surface area contributed by atoms with Gasteiger partial charge in [0.25, 0.3) is 0 Å². The zero-order chi connectivity index (χ0) is 15.7. The maximum atomic E-state index is 12.9. The van der Waals surface area contributed by atoms with Gasteiger partial charge in [0.05, 0.1) is 12.8 Å². The molecule has 0 aliphatic carbocycles. The lowest BCUT2D eigenvalue weighted by Gasteiger charge is -2.37. The van der Waals surface area contributed by atoms with Gasteiger partial charge >= 0.3 is 0 Å². The fourth-order valence-electron chi connectivity index (χ4n) is 3.81. The molecule has 0 bridgehead atoms. The van der Waals surface area contributed by atoms with Gasteiger partial charge in [-0.3, -0.25) is 9.59 Å². The van der Waals surface area contributed by atoms with Crippen molar-refractivity contribution in [2.24, 2.45) is 11.8 Å². The molecule has 0 aromatic carbocycles. The van der Waals surface area contributed by atoms with Crippen LogP contribution in [0, 0.1) is 11.8 Å². The molecule has 2 saturated heterocycles. The Hall–Kier alpha value is -1.78. The average Bonchev–Trinajstić information content (AvgIpc) is 3.09. The highest BCUT2D eigenvalue weighted by Gasteiger charge is 2.39. The minimum atomic E-state index is -0.324. The van der Waals surface area contributed by atoms with Crippen molar-refractivity contribution in [1.29, 1.82) is 0 Å². The summed E-state index contributed by atoms with van der Waals surface area (Å²) in [6.07, 6.45) is 3.85. The van der Waals surface area contributed by atoms with Gasteiger partial charge in [-0.05, 0) is 36.8 Å². The van der Waals surface area contributed by atoms with Crippen LogP contribution in [-0.4, -0.2) is 40.7 Å². The Labute approximate surface area is 131 Å². The first-order valence-electron chi connectivity index (χ1n) is 8.15. The van der Waals surface area contributed by atoms with Gasteiger partial charge in [0, 0.05) is 19.5 Å². The molecule has 22 heavy (non-hydrogen) atoms. The van der Waals surface area contributed by atoms with Crippen LogP contribution in [0.2, 0.25) is 0 Å². The van der Waals surface area contributed by atoms with E-state index in [0.717, 1.165) is 18.8 Å². The number of furan rings is 1. The molecule has 2 fully saturated rings. The molecule has 1 aromatic rings. The van der Waals surface area contributed by atoms with E-state index in [0.29, 0.717) is 31.2 Å². The van der Waals surface area contributed by atoms with Crippen LogP contribution < -0.4 is 0 Å². The van der Waals surface area contributed by atoms with Crippen molar-refractivity contribution >= 4 is 11.8 Å². The summed E-state index contributed by atoms with van der Waals surface area (Å²) in [7, 11) is 0. The van der Waals surface area contributed by atoms with Crippen molar-refractivity contribution < 1.29 is 14.0 Å². The maximum Gasteiger partial charge on any atom is 0.245 e. The van der Waals surface area contributed by atoms with Crippen molar-refractivity contribution in [2.75, 3.05) is 13.1 Å². The molecule has 0 spiro atoms. The summed E-state index contributed by atoms with van der Waals surface area (Å²) in [5.41, 5.74) is 0. The van der Waals surface area contributed by atoms with E-state index in [-0.39, 0.29) is 17.9 Å².